The zero-order chi connectivity index (χ0) is 22.6. The number of rotatable bonds is 20. The Bertz CT molecular complexity index is 537. The number of nitrogens with zero attached hydrogens (tertiary/aromatic N) is 1. The first kappa shape index (κ1) is 27.9. The van der Waals surface area contributed by atoms with Gasteiger partial charge >= 0.3 is 5.91 Å². The molecule has 178 valence electrons. The minimum Gasteiger partial charge on any atom is -0.261 e. The molecule has 0 spiro atoms. The Labute approximate surface area is 194 Å². The predicted octanol–water partition coefficient (Wildman–Crippen LogP) is 8.94. The fourth-order valence-corrected chi connectivity index (χ4v) is 4.44. The van der Waals surface area contributed by atoms with E-state index >= 15 is 0 Å². The standard InChI is InChI=1S/C29H52NO/c1-4-5-6-7-8-9-10-11-12-13-14-15-16-17-18-19-20-24-27-30(2,3)29(31)28-25-22-21-23-26-28/h21-23,25-26H,4-20,24,27H2,1-3H3/q+1. The Morgan fingerprint density at radius 1 is 0.581 bits per heavy atom. The molecule has 0 unspecified atom stereocenters. The highest BCUT2D eigenvalue weighted by atomic mass is 16.2. The Morgan fingerprint density at radius 2 is 0.935 bits per heavy atom. The predicted molar refractivity (Wildman–Crippen MR) is 137 cm³/mol. The number of quaternary nitrogens is 1. The van der Waals surface area contributed by atoms with Crippen LogP contribution < -0.4 is 0 Å². The minimum atomic E-state index is 0.229. The van der Waals surface area contributed by atoms with Crippen LogP contribution in [0.3, 0.4) is 0 Å². The lowest BCUT2D eigenvalue weighted by molar-refractivity contribution is -0.807. The van der Waals surface area contributed by atoms with Crippen molar-refractivity contribution in [3.8, 4) is 0 Å². The van der Waals surface area contributed by atoms with Crippen LogP contribution in [-0.4, -0.2) is 31.0 Å². The molecule has 0 N–H and O–H groups in total. The van der Waals surface area contributed by atoms with E-state index in [9.17, 15) is 4.79 Å². The maximum atomic E-state index is 12.7. The van der Waals surface area contributed by atoms with E-state index in [0.29, 0.717) is 4.48 Å². The van der Waals surface area contributed by atoms with Crippen LogP contribution in [0.4, 0.5) is 0 Å². The Hall–Kier alpha value is -1.15. The van der Waals surface area contributed by atoms with E-state index in [2.05, 4.69) is 6.92 Å². The third-order valence-electron chi connectivity index (χ3n) is 6.64. The highest BCUT2D eigenvalue weighted by Crippen LogP contribution is 2.15. The first-order valence-electron chi connectivity index (χ1n) is 13.5. The van der Waals surface area contributed by atoms with E-state index in [1.165, 1.54) is 109 Å². The lowest BCUT2D eigenvalue weighted by Crippen LogP contribution is -2.46. The van der Waals surface area contributed by atoms with Crippen molar-refractivity contribution < 1.29 is 9.28 Å². The van der Waals surface area contributed by atoms with Gasteiger partial charge in [-0.15, -0.1) is 0 Å². The summed E-state index contributed by atoms with van der Waals surface area (Å²) in [5.41, 5.74) is 0.829. The van der Waals surface area contributed by atoms with Crippen LogP contribution in [0.2, 0.25) is 0 Å². The van der Waals surface area contributed by atoms with Crippen molar-refractivity contribution in [3.63, 3.8) is 0 Å². The number of hydrogen-bond donors (Lipinski definition) is 0. The molecule has 0 aliphatic rings. The van der Waals surface area contributed by atoms with E-state index in [1.807, 2.05) is 44.4 Å². The molecular weight excluding hydrogens is 378 g/mol. The number of carbonyl (C=O) groups is 1. The molecule has 1 rings (SSSR count). The molecule has 2 nitrogen and oxygen atoms in total. The molecule has 0 fully saturated rings. The van der Waals surface area contributed by atoms with Crippen LogP contribution in [0, 0.1) is 0 Å². The summed E-state index contributed by atoms with van der Waals surface area (Å²) in [6.45, 7) is 3.23. The molecule has 0 aliphatic heterocycles. The van der Waals surface area contributed by atoms with E-state index in [1.54, 1.807) is 0 Å². The molecule has 1 aromatic rings. The highest BCUT2D eigenvalue weighted by Gasteiger charge is 2.26. The fourth-order valence-electron chi connectivity index (χ4n) is 4.44. The van der Waals surface area contributed by atoms with Gasteiger partial charge in [-0.3, -0.25) is 4.48 Å². The van der Waals surface area contributed by atoms with Gasteiger partial charge in [0.25, 0.3) is 0 Å². The van der Waals surface area contributed by atoms with E-state index < -0.39 is 0 Å². The molecule has 31 heavy (non-hydrogen) atoms. The maximum absolute atomic E-state index is 12.7. The minimum absolute atomic E-state index is 0.229. The summed E-state index contributed by atoms with van der Waals surface area (Å²) >= 11 is 0. The van der Waals surface area contributed by atoms with Crippen molar-refractivity contribution in [2.75, 3.05) is 20.6 Å². The number of carbonyl (C=O) groups excluding carboxylic acids is 1. The third-order valence-corrected chi connectivity index (χ3v) is 6.64. The Balaban J connectivity index is 1.86. The van der Waals surface area contributed by atoms with Crippen molar-refractivity contribution in [2.24, 2.45) is 0 Å². The topological polar surface area (TPSA) is 17.1 Å². The molecule has 0 aromatic heterocycles. The molecule has 0 bridgehead atoms. The van der Waals surface area contributed by atoms with Crippen molar-refractivity contribution in [1.82, 2.24) is 0 Å². The quantitative estimate of drug-likeness (QED) is 0.149. The van der Waals surface area contributed by atoms with Crippen LogP contribution >= 0.6 is 0 Å². The van der Waals surface area contributed by atoms with Gasteiger partial charge in [-0.05, 0) is 25.0 Å². The Morgan fingerprint density at radius 3 is 1.32 bits per heavy atom. The van der Waals surface area contributed by atoms with Gasteiger partial charge < -0.3 is 0 Å². The summed E-state index contributed by atoms with van der Waals surface area (Å²) < 4.78 is 0.461. The summed E-state index contributed by atoms with van der Waals surface area (Å²) in [5, 5.41) is 0. The SMILES string of the molecule is CCCCCCCCCCCCCCCCCCCC[N+](C)(C)C(=O)c1ccccc1. The van der Waals surface area contributed by atoms with Crippen molar-refractivity contribution in [1.29, 1.82) is 0 Å². The number of amides is 1. The van der Waals surface area contributed by atoms with Gasteiger partial charge in [0.1, 0.15) is 0 Å². The van der Waals surface area contributed by atoms with Crippen molar-refractivity contribution in [2.45, 2.75) is 122 Å². The largest absolute Gasteiger partial charge is 0.345 e. The van der Waals surface area contributed by atoms with E-state index in [-0.39, 0.29) is 5.91 Å². The molecule has 1 amide bonds. The highest BCUT2D eigenvalue weighted by molar-refractivity contribution is 5.88. The molecule has 0 heterocycles. The lowest BCUT2D eigenvalue weighted by atomic mass is 10.0. The summed E-state index contributed by atoms with van der Waals surface area (Å²) in [6.07, 6.45) is 25.1. The average Bonchev–Trinajstić information content (AvgIpc) is 2.78. The molecule has 0 aliphatic carbocycles. The summed E-state index contributed by atoms with van der Waals surface area (Å²) in [6, 6.07) is 9.72. The summed E-state index contributed by atoms with van der Waals surface area (Å²) in [7, 11) is 4.09. The van der Waals surface area contributed by atoms with Crippen LogP contribution in [0.25, 0.3) is 0 Å². The normalized spacial score (nSPS) is 11.7. The molecule has 0 atom stereocenters. The second-order valence-corrected chi connectivity index (χ2v) is 10.1. The average molecular weight is 431 g/mol. The second-order valence-electron chi connectivity index (χ2n) is 10.1. The summed E-state index contributed by atoms with van der Waals surface area (Å²) in [4.78, 5) is 12.7. The van der Waals surface area contributed by atoms with E-state index in [0.717, 1.165) is 18.5 Å². The fraction of sp³-hybridized carbons (Fsp3) is 0.759. The Kier molecular flexibility index (Phi) is 16.6. The zero-order valence-corrected chi connectivity index (χ0v) is 21.2. The number of benzene rings is 1. The van der Waals surface area contributed by atoms with Gasteiger partial charge in [-0.1, -0.05) is 128 Å². The van der Waals surface area contributed by atoms with Gasteiger partial charge in [-0.2, -0.15) is 0 Å². The monoisotopic (exact) mass is 430 g/mol. The third kappa shape index (κ3) is 14.5. The van der Waals surface area contributed by atoms with Crippen molar-refractivity contribution in [3.05, 3.63) is 35.9 Å². The maximum Gasteiger partial charge on any atom is 0.345 e. The second kappa shape index (κ2) is 18.4. The molecule has 1 aromatic carbocycles. The zero-order valence-electron chi connectivity index (χ0n) is 21.2. The van der Waals surface area contributed by atoms with Gasteiger partial charge in [0, 0.05) is 0 Å². The van der Waals surface area contributed by atoms with Gasteiger partial charge in [0.2, 0.25) is 0 Å². The number of unbranched alkanes of at least 4 members (excludes halogenated alkanes) is 17. The first-order chi connectivity index (χ1) is 15.1. The van der Waals surface area contributed by atoms with Crippen LogP contribution in [-0.2, 0) is 0 Å². The van der Waals surface area contributed by atoms with Crippen molar-refractivity contribution >= 4 is 5.91 Å². The van der Waals surface area contributed by atoms with Crippen LogP contribution in [0.15, 0.2) is 30.3 Å². The van der Waals surface area contributed by atoms with Crippen LogP contribution in [0.1, 0.15) is 133 Å². The van der Waals surface area contributed by atoms with Crippen LogP contribution in [0.5, 0.6) is 0 Å². The van der Waals surface area contributed by atoms with Gasteiger partial charge in [0.15, 0.2) is 0 Å². The molecular formula is C29H52NO+. The van der Waals surface area contributed by atoms with Gasteiger partial charge in [-0.25, -0.2) is 4.79 Å². The molecule has 0 radical (unpaired) electrons. The first-order valence-corrected chi connectivity index (χ1v) is 13.5. The molecule has 2 heteroatoms. The van der Waals surface area contributed by atoms with E-state index in [4.69, 9.17) is 0 Å². The molecule has 0 saturated heterocycles. The summed E-state index contributed by atoms with van der Waals surface area (Å²) in [5.74, 6) is 0.229. The lowest BCUT2D eigenvalue weighted by Gasteiger charge is -2.26. The molecule has 0 saturated carbocycles. The number of hydrogen-bond acceptors (Lipinski definition) is 1. The smallest absolute Gasteiger partial charge is 0.261 e. The van der Waals surface area contributed by atoms with Gasteiger partial charge in [0.05, 0.1) is 26.2 Å².